The molecule has 1 unspecified atom stereocenters. The summed E-state index contributed by atoms with van der Waals surface area (Å²) in [5, 5.41) is 9.20. The van der Waals surface area contributed by atoms with Gasteiger partial charge in [-0.1, -0.05) is 39.5 Å². The van der Waals surface area contributed by atoms with E-state index in [1.165, 1.54) is 25.7 Å². The normalized spacial score (nSPS) is 29.0. The fourth-order valence-electron chi connectivity index (χ4n) is 1.87. The number of ether oxygens (including phenoxy) is 2. The maximum absolute atomic E-state index is 9.20. The van der Waals surface area contributed by atoms with Crippen molar-refractivity contribution in [3.05, 3.63) is 0 Å². The van der Waals surface area contributed by atoms with E-state index in [1.54, 1.807) is 0 Å². The van der Waals surface area contributed by atoms with Crippen molar-refractivity contribution in [2.24, 2.45) is 5.92 Å². The maximum Gasteiger partial charge on any atom is 0.160 e. The largest absolute Gasteiger partial charge is 0.388 e. The second-order valence-electron chi connectivity index (χ2n) is 4.52. The van der Waals surface area contributed by atoms with E-state index in [0.29, 0.717) is 19.1 Å². The van der Waals surface area contributed by atoms with Crippen LogP contribution in [0, 0.1) is 5.92 Å². The van der Waals surface area contributed by atoms with E-state index in [9.17, 15) is 5.11 Å². The lowest BCUT2D eigenvalue weighted by atomic mass is 10.0. The van der Waals surface area contributed by atoms with Gasteiger partial charge in [-0.3, -0.25) is 0 Å². The molecule has 1 saturated heterocycles. The summed E-state index contributed by atoms with van der Waals surface area (Å²) < 4.78 is 10.9. The molecule has 0 radical (unpaired) electrons. The topological polar surface area (TPSA) is 38.7 Å². The summed E-state index contributed by atoms with van der Waals surface area (Å²) in [4.78, 5) is 0. The summed E-state index contributed by atoms with van der Waals surface area (Å²) in [5.74, 6) is 0.439. The molecular formula is C12H24O3. The van der Waals surface area contributed by atoms with Gasteiger partial charge in [0.1, 0.15) is 6.10 Å². The van der Waals surface area contributed by atoms with E-state index in [0.717, 1.165) is 6.42 Å². The molecule has 3 heteroatoms. The van der Waals surface area contributed by atoms with Crippen LogP contribution in [0.3, 0.4) is 0 Å². The van der Waals surface area contributed by atoms with E-state index < -0.39 is 6.10 Å². The van der Waals surface area contributed by atoms with E-state index >= 15 is 0 Å². The molecule has 0 amide bonds. The minimum atomic E-state index is -0.437. The van der Waals surface area contributed by atoms with Crippen molar-refractivity contribution in [2.45, 2.75) is 58.3 Å². The van der Waals surface area contributed by atoms with Gasteiger partial charge in [0, 0.05) is 5.92 Å². The van der Waals surface area contributed by atoms with Crippen molar-refractivity contribution in [1.29, 1.82) is 0 Å². The van der Waals surface area contributed by atoms with Crippen LogP contribution in [0.1, 0.15) is 46.0 Å². The zero-order valence-corrected chi connectivity index (χ0v) is 9.95. The van der Waals surface area contributed by atoms with Gasteiger partial charge in [0.15, 0.2) is 6.29 Å². The molecule has 1 atom stereocenters. The third-order valence-corrected chi connectivity index (χ3v) is 2.88. The summed E-state index contributed by atoms with van der Waals surface area (Å²) >= 11 is 0. The minimum absolute atomic E-state index is 0.102. The SMILES string of the molecule is CCCCCCC(C)C1OCC(O)CO1. The molecule has 0 aromatic rings. The van der Waals surface area contributed by atoms with Gasteiger partial charge >= 0.3 is 0 Å². The highest BCUT2D eigenvalue weighted by molar-refractivity contribution is 4.65. The molecule has 90 valence electrons. The fraction of sp³-hybridized carbons (Fsp3) is 1.00. The Hall–Kier alpha value is -0.120. The summed E-state index contributed by atoms with van der Waals surface area (Å²) in [5.41, 5.74) is 0. The van der Waals surface area contributed by atoms with Crippen LogP contribution in [-0.4, -0.2) is 30.7 Å². The molecule has 1 fully saturated rings. The van der Waals surface area contributed by atoms with Crippen molar-refractivity contribution in [3.63, 3.8) is 0 Å². The van der Waals surface area contributed by atoms with E-state index in [4.69, 9.17) is 9.47 Å². The average molecular weight is 216 g/mol. The summed E-state index contributed by atoms with van der Waals surface area (Å²) in [7, 11) is 0. The van der Waals surface area contributed by atoms with Gasteiger partial charge in [-0.15, -0.1) is 0 Å². The Morgan fingerprint density at radius 2 is 1.87 bits per heavy atom. The molecule has 0 saturated carbocycles. The summed E-state index contributed by atoms with van der Waals surface area (Å²) in [6, 6.07) is 0. The highest BCUT2D eigenvalue weighted by atomic mass is 16.7. The zero-order chi connectivity index (χ0) is 11.1. The van der Waals surface area contributed by atoms with Crippen LogP contribution < -0.4 is 0 Å². The lowest BCUT2D eigenvalue weighted by molar-refractivity contribution is -0.236. The molecule has 1 aliphatic heterocycles. The van der Waals surface area contributed by atoms with Gasteiger partial charge in [-0.2, -0.15) is 0 Å². The molecule has 1 heterocycles. The first-order valence-electron chi connectivity index (χ1n) is 6.15. The van der Waals surface area contributed by atoms with Gasteiger partial charge in [0.05, 0.1) is 13.2 Å². The van der Waals surface area contributed by atoms with Gasteiger partial charge < -0.3 is 14.6 Å². The van der Waals surface area contributed by atoms with E-state index in [2.05, 4.69) is 13.8 Å². The molecule has 1 aliphatic rings. The highest BCUT2D eigenvalue weighted by Gasteiger charge is 2.24. The zero-order valence-electron chi connectivity index (χ0n) is 9.95. The molecule has 1 N–H and O–H groups in total. The maximum atomic E-state index is 9.20. The monoisotopic (exact) mass is 216 g/mol. The molecule has 15 heavy (non-hydrogen) atoms. The van der Waals surface area contributed by atoms with E-state index in [1.807, 2.05) is 0 Å². The molecule has 0 aromatic heterocycles. The molecule has 1 rings (SSSR count). The lowest BCUT2D eigenvalue weighted by Crippen LogP contribution is -2.38. The van der Waals surface area contributed by atoms with Crippen molar-refractivity contribution < 1.29 is 14.6 Å². The fourth-order valence-corrected chi connectivity index (χ4v) is 1.87. The van der Waals surface area contributed by atoms with Crippen molar-refractivity contribution >= 4 is 0 Å². The predicted molar refractivity (Wildman–Crippen MR) is 59.6 cm³/mol. The lowest BCUT2D eigenvalue weighted by Gasteiger charge is -2.30. The van der Waals surface area contributed by atoms with Crippen molar-refractivity contribution in [1.82, 2.24) is 0 Å². The Kier molecular flexibility index (Phi) is 6.22. The van der Waals surface area contributed by atoms with Crippen LogP contribution >= 0.6 is 0 Å². The predicted octanol–water partition coefficient (Wildman–Crippen LogP) is 2.33. The second-order valence-corrected chi connectivity index (χ2v) is 4.52. The number of aliphatic hydroxyl groups excluding tert-OH is 1. The first kappa shape index (κ1) is 12.9. The van der Waals surface area contributed by atoms with Gasteiger partial charge in [0.25, 0.3) is 0 Å². The molecule has 0 aliphatic carbocycles. The van der Waals surface area contributed by atoms with Gasteiger partial charge in [-0.25, -0.2) is 0 Å². The standard InChI is InChI=1S/C12H24O3/c1-3-4-5-6-7-10(2)12-14-8-11(13)9-15-12/h10-13H,3-9H2,1-2H3. The average Bonchev–Trinajstić information content (AvgIpc) is 2.25. The second kappa shape index (κ2) is 7.20. The summed E-state index contributed by atoms with van der Waals surface area (Å²) in [6.45, 7) is 5.22. The number of rotatable bonds is 6. The van der Waals surface area contributed by atoms with Gasteiger partial charge in [-0.05, 0) is 6.42 Å². The molecule has 0 aromatic carbocycles. The minimum Gasteiger partial charge on any atom is -0.388 e. The number of hydrogen-bond acceptors (Lipinski definition) is 3. The van der Waals surface area contributed by atoms with Crippen molar-refractivity contribution in [2.75, 3.05) is 13.2 Å². The van der Waals surface area contributed by atoms with Crippen molar-refractivity contribution in [3.8, 4) is 0 Å². The smallest absolute Gasteiger partial charge is 0.160 e. The third-order valence-electron chi connectivity index (χ3n) is 2.88. The van der Waals surface area contributed by atoms with Crippen LogP contribution in [0.5, 0.6) is 0 Å². The Bertz CT molecular complexity index is 153. The molecule has 0 spiro atoms. The Morgan fingerprint density at radius 3 is 2.47 bits per heavy atom. The number of hydrogen-bond donors (Lipinski definition) is 1. The molecule has 0 bridgehead atoms. The molecular weight excluding hydrogens is 192 g/mol. The Morgan fingerprint density at radius 1 is 1.20 bits per heavy atom. The quantitative estimate of drug-likeness (QED) is 0.693. The van der Waals surface area contributed by atoms with Crippen LogP contribution in [0.25, 0.3) is 0 Å². The molecule has 3 nitrogen and oxygen atoms in total. The van der Waals surface area contributed by atoms with Crippen LogP contribution in [0.2, 0.25) is 0 Å². The Labute approximate surface area is 92.8 Å². The highest BCUT2D eigenvalue weighted by Crippen LogP contribution is 2.20. The van der Waals surface area contributed by atoms with E-state index in [-0.39, 0.29) is 6.29 Å². The van der Waals surface area contributed by atoms with Gasteiger partial charge in [0.2, 0.25) is 0 Å². The van der Waals surface area contributed by atoms with Crippen LogP contribution in [-0.2, 0) is 9.47 Å². The number of unbranched alkanes of at least 4 members (excludes halogenated alkanes) is 3. The third kappa shape index (κ3) is 4.96. The first-order valence-corrected chi connectivity index (χ1v) is 6.15. The van der Waals surface area contributed by atoms with Crippen LogP contribution in [0.4, 0.5) is 0 Å². The number of aliphatic hydroxyl groups is 1. The van der Waals surface area contributed by atoms with Crippen LogP contribution in [0.15, 0.2) is 0 Å². The summed E-state index contributed by atoms with van der Waals surface area (Å²) in [6.07, 6.45) is 5.76. The Balaban J connectivity index is 2.08. The first-order chi connectivity index (χ1) is 7.24.